The van der Waals surface area contributed by atoms with Gasteiger partial charge in [0.05, 0.1) is 12.7 Å². The molecule has 0 aromatic rings. The Morgan fingerprint density at radius 1 is 1.19 bits per heavy atom. The van der Waals surface area contributed by atoms with Crippen LogP contribution in [0, 0.1) is 0 Å². The van der Waals surface area contributed by atoms with Gasteiger partial charge in [0.15, 0.2) is 6.29 Å². The van der Waals surface area contributed by atoms with Crippen LogP contribution in [0.4, 0.5) is 0 Å². The first kappa shape index (κ1) is 16.9. The highest BCUT2D eigenvalue weighted by atomic mass is 16.7. The number of ether oxygens (including phenoxy) is 2. The van der Waals surface area contributed by atoms with Crippen LogP contribution >= 0.6 is 0 Å². The third-order valence-corrected chi connectivity index (χ3v) is 4.34. The lowest BCUT2D eigenvalue weighted by atomic mass is 9.99. The van der Waals surface area contributed by atoms with Crippen LogP contribution in [-0.4, -0.2) is 63.8 Å². The van der Waals surface area contributed by atoms with Crippen molar-refractivity contribution in [2.75, 3.05) is 6.61 Å². The monoisotopic (exact) mass is 302 g/mol. The van der Waals surface area contributed by atoms with Crippen LogP contribution < -0.4 is 0 Å². The minimum atomic E-state index is -1.38. The molecule has 0 saturated carbocycles. The predicted molar refractivity (Wildman–Crippen MR) is 75.5 cm³/mol. The third-order valence-electron chi connectivity index (χ3n) is 4.34. The van der Waals surface area contributed by atoms with Gasteiger partial charge < -0.3 is 29.9 Å². The standard InChI is InChI=1S/C15H26O6/c1-2-9-4-3-5-10(7-6-9)20-15-14(19)13(18)12(17)11(8-16)21-15/h4,10-19H,2-3,5-8H2,1H3/t10?,11?,12-,13?,14?,15-/m1/s1. The van der Waals surface area contributed by atoms with Gasteiger partial charge in [-0.25, -0.2) is 0 Å². The van der Waals surface area contributed by atoms with Gasteiger partial charge in [-0.2, -0.15) is 0 Å². The first-order valence-corrected chi connectivity index (χ1v) is 7.70. The van der Waals surface area contributed by atoms with Crippen molar-refractivity contribution in [2.45, 2.75) is 75.8 Å². The Kier molecular flexibility index (Phi) is 6.16. The predicted octanol–water partition coefficient (Wildman–Crippen LogP) is 0.0819. The topological polar surface area (TPSA) is 99.4 Å². The second-order valence-corrected chi connectivity index (χ2v) is 5.79. The van der Waals surface area contributed by atoms with Crippen LogP contribution in [-0.2, 0) is 9.47 Å². The molecule has 0 radical (unpaired) electrons. The van der Waals surface area contributed by atoms with Crippen LogP contribution in [0.5, 0.6) is 0 Å². The second kappa shape index (κ2) is 7.67. The fourth-order valence-electron chi connectivity index (χ4n) is 2.89. The Morgan fingerprint density at radius 3 is 2.62 bits per heavy atom. The Labute approximate surface area is 125 Å². The van der Waals surface area contributed by atoms with Crippen LogP contribution in [0.2, 0.25) is 0 Å². The van der Waals surface area contributed by atoms with E-state index in [1.165, 1.54) is 5.57 Å². The van der Waals surface area contributed by atoms with Gasteiger partial charge in [0.2, 0.25) is 0 Å². The van der Waals surface area contributed by atoms with Crippen molar-refractivity contribution in [1.82, 2.24) is 0 Å². The summed E-state index contributed by atoms with van der Waals surface area (Å²) in [7, 11) is 0. The molecule has 0 aromatic carbocycles. The first-order valence-electron chi connectivity index (χ1n) is 7.70. The molecule has 0 amide bonds. The smallest absolute Gasteiger partial charge is 0.186 e. The minimum Gasteiger partial charge on any atom is -0.394 e. The van der Waals surface area contributed by atoms with Crippen molar-refractivity contribution in [2.24, 2.45) is 0 Å². The summed E-state index contributed by atoms with van der Waals surface area (Å²) in [5, 5.41) is 38.6. The molecule has 0 aromatic heterocycles. The van der Waals surface area contributed by atoms with E-state index in [0.29, 0.717) is 0 Å². The van der Waals surface area contributed by atoms with Gasteiger partial charge in [-0.3, -0.25) is 0 Å². The zero-order chi connectivity index (χ0) is 15.4. The summed E-state index contributed by atoms with van der Waals surface area (Å²) < 4.78 is 11.2. The van der Waals surface area contributed by atoms with Crippen LogP contribution in [0.1, 0.15) is 39.0 Å². The van der Waals surface area contributed by atoms with Gasteiger partial charge in [0, 0.05) is 0 Å². The number of aliphatic hydroxyl groups excluding tert-OH is 4. The summed E-state index contributed by atoms with van der Waals surface area (Å²) >= 11 is 0. The number of hydrogen-bond donors (Lipinski definition) is 4. The van der Waals surface area contributed by atoms with Crippen molar-refractivity contribution < 1.29 is 29.9 Å². The van der Waals surface area contributed by atoms with Gasteiger partial charge in [0.1, 0.15) is 24.4 Å². The van der Waals surface area contributed by atoms with Crippen LogP contribution in [0.15, 0.2) is 11.6 Å². The summed E-state index contributed by atoms with van der Waals surface area (Å²) in [4.78, 5) is 0. The molecule has 4 unspecified atom stereocenters. The SMILES string of the molecule is CCC1=CCCC(O[C@@H]2OC(CO)[C@@H](O)C(O)C2O)CC1. The third kappa shape index (κ3) is 4.03. The van der Waals surface area contributed by atoms with Crippen LogP contribution in [0.3, 0.4) is 0 Å². The van der Waals surface area contributed by atoms with Gasteiger partial charge in [-0.15, -0.1) is 0 Å². The molecule has 4 N–H and O–H groups in total. The highest BCUT2D eigenvalue weighted by molar-refractivity contribution is 5.03. The lowest BCUT2D eigenvalue weighted by Crippen LogP contribution is -2.59. The number of aliphatic hydroxyl groups is 4. The van der Waals surface area contributed by atoms with E-state index in [9.17, 15) is 15.3 Å². The largest absolute Gasteiger partial charge is 0.394 e. The van der Waals surface area contributed by atoms with E-state index in [1.807, 2.05) is 0 Å². The Balaban J connectivity index is 1.92. The number of rotatable bonds is 4. The van der Waals surface area contributed by atoms with E-state index in [2.05, 4.69) is 13.0 Å². The molecule has 6 nitrogen and oxygen atoms in total. The van der Waals surface area contributed by atoms with Crippen molar-refractivity contribution in [3.05, 3.63) is 11.6 Å². The molecule has 122 valence electrons. The van der Waals surface area contributed by atoms with E-state index >= 15 is 0 Å². The molecule has 0 spiro atoms. The highest BCUT2D eigenvalue weighted by Crippen LogP contribution is 2.27. The second-order valence-electron chi connectivity index (χ2n) is 5.79. The van der Waals surface area contributed by atoms with Gasteiger partial charge in [-0.1, -0.05) is 18.6 Å². The Hall–Kier alpha value is -0.500. The zero-order valence-corrected chi connectivity index (χ0v) is 12.4. The van der Waals surface area contributed by atoms with E-state index < -0.39 is 37.3 Å². The maximum absolute atomic E-state index is 9.97. The highest BCUT2D eigenvalue weighted by Gasteiger charge is 2.44. The molecular formula is C15H26O6. The molecule has 6 heteroatoms. The molecule has 1 saturated heterocycles. The number of allylic oxidation sites excluding steroid dienone is 2. The maximum atomic E-state index is 9.97. The quantitative estimate of drug-likeness (QED) is 0.549. The normalized spacial score (nSPS) is 41.5. The molecule has 1 aliphatic heterocycles. The first-order chi connectivity index (χ1) is 10.1. The van der Waals surface area contributed by atoms with Gasteiger partial charge >= 0.3 is 0 Å². The fourth-order valence-corrected chi connectivity index (χ4v) is 2.89. The van der Waals surface area contributed by atoms with Crippen molar-refractivity contribution in [3.8, 4) is 0 Å². The van der Waals surface area contributed by atoms with Crippen LogP contribution in [0.25, 0.3) is 0 Å². The minimum absolute atomic E-state index is 0.0632. The molecule has 0 bridgehead atoms. The fraction of sp³-hybridized carbons (Fsp3) is 0.867. The summed E-state index contributed by atoms with van der Waals surface area (Å²) in [6.07, 6.45) is 0.789. The summed E-state index contributed by atoms with van der Waals surface area (Å²) in [6.45, 7) is 1.70. The van der Waals surface area contributed by atoms with Crippen molar-refractivity contribution in [3.63, 3.8) is 0 Å². The Morgan fingerprint density at radius 2 is 1.95 bits per heavy atom. The molecule has 2 rings (SSSR count). The van der Waals surface area contributed by atoms with Gasteiger partial charge in [0.25, 0.3) is 0 Å². The lowest BCUT2D eigenvalue weighted by Gasteiger charge is -2.40. The average Bonchev–Trinajstić information content (AvgIpc) is 2.73. The van der Waals surface area contributed by atoms with E-state index in [-0.39, 0.29) is 6.10 Å². The van der Waals surface area contributed by atoms with Gasteiger partial charge in [-0.05, 0) is 32.1 Å². The number of hydrogen-bond acceptors (Lipinski definition) is 6. The average molecular weight is 302 g/mol. The summed E-state index contributed by atoms with van der Waals surface area (Å²) in [5.41, 5.74) is 1.41. The molecule has 1 aliphatic carbocycles. The van der Waals surface area contributed by atoms with Crippen molar-refractivity contribution >= 4 is 0 Å². The molecule has 21 heavy (non-hydrogen) atoms. The summed E-state index contributed by atoms with van der Waals surface area (Å²) in [5.74, 6) is 0. The molecular weight excluding hydrogens is 276 g/mol. The maximum Gasteiger partial charge on any atom is 0.186 e. The lowest BCUT2D eigenvalue weighted by molar-refractivity contribution is -0.311. The Bertz CT molecular complexity index is 356. The van der Waals surface area contributed by atoms with E-state index in [0.717, 1.165) is 32.1 Å². The van der Waals surface area contributed by atoms with Crippen molar-refractivity contribution in [1.29, 1.82) is 0 Å². The molecule has 1 heterocycles. The zero-order valence-electron chi connectivity index (χ0n) is 12.4. The van der Waals surface area contributed by atoms with E-state index in [4.69, 9.17) is 14.6 Å². The summed E-state index contributed by atoms with van der Waals surface area (Å²) in [6, 6.07) is 0. The molecule has 6 atom stereocenters. The van der Waals surface area contributed by atoms with E-state index in [1.54, 1.807) is 0 Å². The molecule has 1 fully saturated rings. The molecule has 2 aliphatic rings.